The smallest absolute Gasteiger partial charge is 0.136 e. The van der Waals surface area contributed by atoms with Gasteiger partial charge in [0.1, 0.15) is 17.3 Å². The van der Waals surface area contributed by atoms with Crippen LogP contribution in [0.1, 0.15) is 16.7 Å². The quantitative estimate of drug-likeness (QED) is 0.688. The zero-order valence-corrected chi connectivity index (χ0v) is 16.3. The molecule has 0 aliphatic carbocycles. The maximum absolute atomic E-state index is 13.4. The summed E-state index contributed by atoms with van der Waals surface area (Å²) in [5.74, 6) is 0.762. The summed E-state index contributed by atoms with van der Waals surface area (Å²) >= 11 is 0. The predicted octanol–water partition coefficient (Wildman–Crippen LogP) is 3.52. The Bertz CT molecular complexity index is 862. The summed E-state index contributed by atoms with van der Waals surface area (Å²) < 4.78 is 44.0. The van der Waals surface area contributed by atoms with Crippen LogP contribution in [0.3, 0.4) is 0 Å². The number of hydrogen-bond donors (Lipinski definition) is 2. The minimum absolute atomic E-state index is 0.234. The van der Waals surface area contributed by atoms with Gasteiger partial charge in [-0.05, 0) is 54.8 Å². The van der Waals surface area contributed by atoms with E-state index in [1.165, 1.54) is 25.5 Å². The largest absolute Gasteiger partial charge is 0.496 e. The molecule has 142 valence electrons. The molecule has 2 aromatic carbocycles. The van der Waals surface area contributed by atoms with Crippen LogP contribution in [-0.4, -0.2) is 31.2 Å². The van der Waals surface area contributed by atoms with E-state index in [0.717, 1.165) is 16.7 Å². The van der Waals surface area contributed by atoms with Crippen molar-refractivity contribution in [1.29, 1.82) is 4.78 Å². The van der Waals surface area contributed by atoms with E-state index in [0.29, 0.717) is 35.9 Å². The first-order valence-electron chi connectivity index (χ1n) is 8.20. The lowest BCUT2D eigenvalue weighted by Crippen LogP contribution is -2.17. The summed E-state index contributed by atoms with van der Waals surface area (Å²) in [4.78, 5) is 0.323. The topological polar surface area (TPSA) is 71.4 Å². The molecule has 2 rings (SSSR count). The van der Waals surface area contributed by atoms with E-state index < -0.39 is 9.73 Å². The highest BCUT2D eigenvalue weighted by Gasteiger charge is 2.16. The third-order valence-electron chi connectivity index (χ3n) is 3.99. The zero-order chi connectivity index (χ0) is 19.3. The van der Waals surface area contributed by atoms with Crippen molar-refractivity contribution in [3.05, 3.63) is 52.8 Å². The summed E-state index contributed by atoms with van der Waals surface area (Å²) in [6.07, 6.45) is 2.00. The second-order valence-corrected chi connectivity index (χ2v) is 8.35. The monoisotopic (exact) mass is 380 g/mol. The van der Waals surface area contributed by atoms with Gasteiger partial charge in [0, 0.05) is 18.9 Å². The molecule has 0 amide bonds. The third-order valence-corrected chi connectivity index (χ3v) is 5.15. The predicted molar refractivity (Wildman–Crippen MR) is 101 cm³/mol. The van der Waals surface area contributed by atoms with Gasteiger partial charge in [-0.2, -0.15) is 0 Å². The number of aryl methyl sites for hydroxylation is 1. The molecule has 0 spiro atoms. The number of halogens is 1. The fourth-order valence-electron chi connectivity index (χ4n) is 2.80. The molecule has 26 heavy (non-hydrogen) atoms. The lowest BCUT2D eigenvalue weighted by Gasteiger charge is -2.15. The van der Waals surface area contributed by atoms with Crippen LogP contribution in [0.4, 0.5) is 4.39 Å². The number of ether oxygens (including phenoxy) is 2. The summed E-state index contributed by atoms with van der Waals surface area (Å²) in [6, 6.07) is 8.34. The maximum atomic E-state index is 13.4. The van der Waals surface area contributed by atoms with E-state index in [2.05, 4.69) is 5.32 Å². The van der Waals surface area contributed by atoms with Gasteiger partial charge in [-0.15, -0.1) is 0 Å². The van der Waals surface area contributed by atoms with Crippen LogP contribution in [0.15, 0.2) is 35.2 Å². The van der Waals surface area contributed by atoms with Gasteiger partial charge < -0.3 is 14.8 Å². The Hall–Kier alpha value is -2.12. The molecular weight excluding hydrogens is 355 g/mol. The second kappa shape index (κ2) is 8.51. The minimum atomic E-state index is -2.92. The first-order chi connectivity index (χ1) is 12.2. The molecule has 2 aromatic rings. The van der Waals surface area contributed by atoms with E-state index in [1.807, 2.05) is 13.0 Å². The van der Waals surface area contributed by atoms with E-state index in [1.54, 1.807) is 19.2 Å². The molecule has 0 bridgehead atoms. The van der Waals surface area contributed by atoms with Crippen molar-refractivity contribution in [3.63, 3.8) is 0 Å². The van der Waals surface area contributed by atoms with Crippen LogP contribution < -0.4 is 14.8 Å². The highest BCUT2D eigenvalue weighted by atomic mass is 32.2. The molecule has 0 aliphatic heterocycles. The fourth-order valence-corrected chi connectivity index (χ4v) is 3.66. The number of nitrogens with one attached hydrogen (secondary N) is 2. The lowest BCUT2D eigenvalue weighted by atomic mass is 10.1. The molecule has 5 nitrogen and oxygen atoms in total. The number of methoxy groups -OCH3 is 2. The molecule has 0 saturated carbocycles. The Morgan fingerprint density at radius 2 is 1.81 bits per heavy atom. The molecular formula is C19H25FN2O3S. The SMILES string of the molecule is COc1cc(S(C)(=N)=O)c(OC)cc1CCNCc1cc(C)cc(F)c1. The van der Waals surface area contributed by atoms with Gasteiger partial charge in [0.25, 0.3) is 0 Å². The highest BCUT2D eigenvalue weighted by Crippen LogP contribution is 2.32. The Kier molecular flexibility index (Phi) is 6.61. The molecule has 7 heteroatoms. The van der Waals surface area contributed by atoms with Gasteiger partial charge in [0.2, 0.25) is 0 Å². The molecule has 0 heterocycles. The van der Waals surface area contributed by atoms with Gasteiger partial charge in [-0.3, -0.25) is 0 Å². The van der Waals surface area contributed by atoms with Gasteiger partial charge in [0.05, 0.1) is 28.8 Å². The fraction of sp³-hybridized carbons (Fsp3) is 0.368. The van der Waals surface area contributed by atoms with Crippen LogP contribution >= 0.6 is 0 Å². The Labute approximate surface area is 154 Å². The van der Waals surface area contributed by atoms with Gasteiger partial charge in [-0.1, -0.05) is 6.07 Å². The van der Waals surface area contributed by atoms with Gasteiger partial charge in [0.15, 0.2) is 0 Å². The first-order valence-corrected chi connectivity index (χ1v) is 10.2. The summed E-state index contributed by atoms with van der Waals surface area (Å²) in [7, 11) is 0.112. The average molecular weight is 380 g/mol. The van der Waals surface area contributed by atoms with Crippen molar-refractivity contribution in [2.45, 2.75) is 24.8 Å². The van der Waals surface area contributed by atoms with Crippen molar-refractivity contribution in [2.24, 2.45) is 0 Å². The van der Waals surface area contributed by atoms with E-state index in [9.17, 15) is 8.60 Å². The maximum Gasteiger partial charge on any atom is 0.136 e. The van der Waals surface area contributed by atoms with Crippen LogP contribution in [0.25, 0.3) is 0 Å². The summed E-state index contributed by atoms with van der Waals surface area (Å²) in [5.41, 5.74) is 2.67. The third kappa shape index (κ3) is 5.19. The number of benzene rings is 2. The normalized spacial score (nSPS) is 13.3. The van der Waals surface area contributed by atoms with Crippen LogP contribution in [0, 0.1) is 17.5 Å². The Balaban J connectivity index is 2.09. The van der Waals surface area contributed by atoms with Gasteiger partial charge in [-0.25, -0.2) is 13.4 Å². The number of rotatable bonds is 8. The van der Waals surface area contributed by atoms with Crippen molar-refractivity contribution in [1.82, 2.24) is 5.32 Å². The molecule has 0 saturated heterocycles. The number of hydrogen-bond acceptors (Lipinski definition) is 5. The standard InChI is InChI=1S/C19H25FN2O3S/c1-13-7-14(9-16(20)8-13)12-22-6-5-15-10-18(25-3)19(26(4,21)23)11-17(15)24-2/h7-11,21-22H,5-6,12H2,1-4H3. The molecule has 0 radical (unpaired) electrons. The minimum Gasteiger partial charge on any atom is -0.496 e. The van der Waals surface area contributed by atoms with Crippen LogP contribution in [0.5, 0.6) is 11.5 Å². The van der Waals surface area contributed by atoms with Gasteiger partial charge >= 0.3 is 0 Å². The molecule has 2 N–H and O–H groups in total. The highest BCUT2D eigenvalue weighted by molar-refractivity contribution is 7.91. The summed E-state index contributed by atoms with van der Waals surface area (Å²) in [6.45, 7) is 3.08. The van der Waals surface area contributed by atoms with E-state index in [4.69, 9.17) is 14.3 Å². The zero-order valence-electron chi connectivity index (χ0n) is 15.5. The first kappa shape index (κ1) is 20.2. The van der Waals surface area contributed by atoms with Crippen molar-refractivity contribution in [3.8, 4) is 11.5 Å². The summed E-state index contributed by atoms with van der Waals surface area (Å²) in [5, 5.41) is 3.28. The van der Waals surface area contributed by atoms with Crippen LogP contribution in [0.2, 0.25) is 0 Å². The molecule has 1 atom stereocenters. The second-order valence-electron chi connectivity index (χ2n) is 6.22. The average Bonchev–Trinajstić information content (AvgIpc) is 2.56. The molecule has 0 fully saturated rings. The van der Waals surface area contributed by atoms with Crippen molar-refractivity contribution < 1.29 is 18.1 Å². The van der Waals surface area contributed by atoms with Crippen molar-refractivity contribution in [2.75, 3.05) is 27.0 Å². The van der Waals surface area contributed by atoms with E-state index >= 15 is 0 Å². The van der Waals surface area contributed by atoms with Crippen molar-refractivity contribution >= 4 is 9.73 Å². The molecule has 0 aromatic heterocycles. The van der Waals surface area contributed by atoms with Crippen LogP contribution in [-0.2, 0) is 22.7 Å². The van der Waals surface area contributed by atoms with E-state index in [-0.39, 0.29) is 5.82 Å². The lowest BCUT2D eigenvalue weighted by molar-refractivity contribution is 0.389. The Morgan fingerprint density at radius 1 is 1.12 bits per heavy atom. The molecule has 0 aliphatic rings. The molecule has 1 unspecified atom stereocenters. The Morgan fingerprint density at radius 3 is 2.38 bits per heavy atom.